The Morgan fingerprint density at radius 2 is 1.89 bits per heavy atom. The van der Waals surface area contributed by atoms with Crippen molar-refractivity contribution in [3.63, 3.8) is 0 Å². The number of para-hydroxylation sites is 1. The van der Waals surface area contributed by atoms with Crippen LogP contribution in [0.4, 0.5) is 0 Å². The zero-order chi connectivity index (χ0) is 20.1. The highest BCUT2D eigenvalue weighted by Gasteiger charge is 2.41. The molecule has 1 unspecified atom stereocenters. The Bertz CT molecular complexity index is 956. The molecule has 142 valence electrons. The van der Waals surface area contributed by atoms with Gasteiger partial charge in [-0.1, -0.05) is 85.2 Å². The van der Waals surface area contributed by atoms with Gasteiger partial charge in [0.2, 0.25) is 0 Å². The second kappa shape index (κ2) is 8.86. The number of carboxylic acids is 1. The zero-order valence-electron chi connectivity index (χ0n) is 14.8. The van der Waals surface area contributed by atoms with Crippen molar-refractivity contribution < 1.29 is 19.4 Å². The van der Waals surface area contributed by atoms with E-state index in [4.69, 9.17) is 17.0 Å². The van der Waals surface area contributed by atoms with Gasteiger partial charge in [-0.05, 0) is 17.7 Å². The van der Waals surface area contributed by atoms with E-state index in [1.54, 1.807) is 48.6 Å². The van der Waals surface area contributed by atoms with Crippen LogP contribution in [0.3, 0.4) is 0 Å². The third-order valence-corrected chi connectivity index (χ3v) is 5.32. The van der Waals surface area contributed by atoms with E-state index < -0.39 is 17.9 Å². The summed E-state index contributed by atoms with van der Waals surface area (Å²) in [4.78, 5) is 26.4. The molecule has 0 saturated carbocycles. The Morgan fingerprint density at radius 1 is 1.21 bits per heavy atom. The summed E-state index contributed by atoms with van der Waals surface area (Å²) < 4.78 is 5.82. The topological polar surface area (TPSA) is 66.8 Å². The van der Waals surface area contributed by atoms with Gasteiger partial charge in [-0.2, -0.15) is 0 Å². The van der Waals surface area contributed by atoms with E-state index in [-0.39, 0.29) is 4.32 Å². The summed E-state index contributed by atoms with van der Waals surface area (Å²) in [6, 6.07) is 14.7. The van der Waals surface area contributed by atoms with Crippen LogP contribution in [0, 0.1) is 0 Å². The molecule has 7 heteroatoms. The van der Waals surface area contributed by atoms with Crippen molar-refractivity contribution in [1.29, 1.82) is 0 Å². The van der Waals surface area contributed by atoms with Crippen LogP contribution in [0.1, 0.15) is 17.2 Å². The summed E-state index contributed by atoms with van der Waals surface area (Å²) in [6.45, 7) is 3.96. The first-order valence-corrected chi connectivity index (χ1v) is 9.63. The maximum absolute atomic E-state index is 13.0. The average molecular weight is 412 g/mol. The SMILES string of the molecule is C=CCOc1ccccc1C=C1SC(=S)N(C(C(=O)O)c2ccccc2)C1=O. The Hall–Kier alpha value is -2.90. The van der Waals surface area contributed by atoms with Gasteiger partial charge in [0.1, 0.15) is 16.7 Å². The fourth-order valence-electron chi connectivity index (χ4n) is 2.76. The highest BCUT2D eigenvalue weighted by Crippen LogP contribution is 2.39. The standard InChI is InChI=1S/C21H17NO4S2/c1-2-12-26-16-11-7-6-10-15(16)13-17-19(23)22(21(27)28-17)18(20(24)25)14-8-4-3-5-9-14/h2-11,13,18H,1,12H2,(H,24,25). The maximum atomic E-state index is 13.0. The van der Waals surface area contributed by atoms with Crippen LogP contribution in [-0.4, -0.2) is 32.8 Å². The summed E-state index contributed by atoms with van der Waals surface area (Å²) in [6.07, 6.45) is 3.30. The molecule has 0 aliphatic carbocycles. The van der Waals surface area contributed by atoms with Crippen LogP contribution in [0.5, 0.6) is 5.75 Å². The number of nitrogens with zero attached hydrogens (tertiary/aromatic N) is 1. The van der Waals surface area contributed by atoms with Gasteiger partial charge in [0.25, 0.3) is 5.91 Å². The van der Waals surface area contributed by atoms with E-state index >= 15 is 0 Å². The Kier molecular flexibility index (Phi) is 6.28. The number of ether oxygens (including phenoxy) is 1. The Morgan fingerprint density at radius 3 is 2.57 bits per heavy atom. The number of thioether (sulfide) groups is 1. The lowest BCUT2D eigenvalue weighted by molar-refractivity contribution is -0.145. The van der Waals surface area contributed by atoms with Crippen LogP contribution in [-0.2, 0) is 9.59 Å². The van der Waals surface area contributed by atoms with Gasteiger partial charge in [-0.15, -0.1) is 0 Å². The molecule has 1 aliphatic rings. The van der Waals surface area contributed by atoms with Crippen LogP contribution in [0.15, 0.2) is 72.2 Å². The van der Waals surface area contributed by atoms with Crippen LogP contribution < -0.4 is 4.74 Å². The van der Waals surface area contributed by atoms with Gasteiger partial charge in [-0.3, -0.25) is 9.69 Å². The minimum absolute atomic E-state index is 0.206. The zero-order valence-corrected chi connectivity index (χ0v) is 16.4. The van der Waals surface area contributed by atoms with Crippen LogP contribution >= 0.6 is 24.0 Å². The number of thiocarbonyl (C=S) groups is 1. The molecule has 0 aromatic heterocycles. The van der Waals surface area contributed by atoms with E-state index in [9.17, 15) is 14.7 Å². The van der Waals surface area contributed by atoms with Gasteiger partial charge in [0, 0.05) is 5.56 Å². The number of hydrogen-bond donors (Lipinski definition) is 1. The summed E-state index contributed by atoms with van der Waals surface area (Å²) in [5.41, 5.74) is 1.19. The lowest BCUT2D eigenvalue weighted by Gasteiger charge is -2.23. The monoisotopic (exact) mass is 411 g/mol. The highest BCUT2D eigenvalue weighted by molar-refractivity contribution is 8.26. The predicted molar refractivity (Wildman–Crippen MR) is 114 cm³/mol. The number of carbonyl (C=O) groups is 2. The second-order valence-electron chi connectivity index (χ2n) is 5.84. The number of carboxylic acid groups (broad SMARTS) is 1. The summed E-state index contributed by atoms with van der Waals surface area (Å²) in [7, 11) is 0. The molecule has 1 fully saturated rings. The van der Waals surface area contributed by atoms with Crippen molar-refractivity contribution in [2.75, 3.05) is 6.61 Å². The van der Waals surface area contributed by atoms with Gasteiger partial charge in [0.05, 0.1) is 4.91 Å². The fourth-order valence-corrected chi connectivity index (χ4v) is 4.06. The van der Waals surface area contributed by atoms with Gasteiger partial charge >= 0.3 is 5.97 Å². The predicted octanol–water partition coefficient (Wildman–Crippen LogP) is 4.28. The maximum Gasteiger partial charge on any atom is 0.331 e. The Balaban J connectivity index is 1.95. The largest absolute Gasteiger partial charge is 0.489 e. The van der Waals surface area contributed by atoms with Gasteiger partial charge in [-0.25, -0.2) is 4.79 Å². The first kappa shape index (κ1) is 19.9. The molecular formula is C21H17NO4S2. The molecule has 5 nitrogen and oxygen atoms in total. The van der Waals surface area contributed by atoms with Crippen molar-refractivity contribution >= 4 is 46.3 Å². The first-order valence-electron chi connectivity index (χ1n) is 8.40. The van der Waals surface area contributed by atoms with Crippen molar-refractivity contribution in [1.82, 2.24) is 4.90 Å². The lowest BCUT2D eigenvalue weighted by Crippen LogP contribution is -2.37. The molecule has 0 spiro atoms. The number of carbonyl (C=O) groups excluding carboxylic acids is 1. The van der Waals surface area contributed by atoms with E-state index in [1.807, 2.05) is 18.2 Å². The van der Waals surface area contributed by atoms with E-state index in [1.165, 1.54) is 0 Å². The normalized spacial score (nSPS) is 16.3. The van der Waals surface area contributed by atoms with Gasteiger partial charge in [0.15, 0.2) is 6.04 Å². The number of rotatable bonds is 7. The molecule has 2 aromatic carbocycles. The molecule has 1 aliphatic heterocycles. The molecular weight excluding hydrogens is 394 g/mol. The smallest absolute Gasteiger partial charge is 0.331 e. The summed E-state index contributed by atoms with van der Waals surface area (Å²) in [5, 5.41) is 9.73. The van der Waals surface area contributed by atoms with Crippen molar-refractivity contribution in [2.45, 2.75) is 6.04 Å². The molecule has 0 bridgehead atoms. The number of hydrogen-bond acceptors (Lipinski definition) is 5. The lowest BCUT2D eigenvalue weighted by atomic mass is 10.1. The third-order valence-electron chi connectivity index (χ3n) is 3.99. The first-order chi connectivity index (χ1) is 13.5. The third kappa shape index (κ3) is 4.16. The van der Waals surface area contributed by atoms with Crippen molar-refractivity contribution in [3.8, 4) is 5.75 Å². The molecule has 1 atom stereocenters. The average Bonchev–Trinajstić information content (AvgIpc) is 2.96. The molecule has 0 radical (unpaired) electrons. The molecule has 1 amide bonds. The van der Waals surface area contributed by atoms with Crippen molar-refractivity contribution in [3.05, 3.63) is 83.3 Å². The van der Waals surface area contributed by atoms with E-state index in [2.05, 4.69) is 6.58 Å². The quantitative estimate of drug-likeness (QED) is 0.417. The number of benzene rings is 2. The molecule has 1 heterocycles. The molecule has 28 heavy (non-hydrogen) atoms. The minimum Gasteiger partial charge on any atom is -0.489 e. The molecule has 1 saturated heterocycles. The Labute approximate surface area is 172 Å². The van der Waals surface area contributed by atoms with Gasteiger partial charge < -0.3 is 9.84 Å². The highest BCUT2D eigenvalue weighted by atomic mass is 32.2. The van der Waals surface area contributed by atoms with E-state index in [0.717, 1.165) is 16.7 Å². The summed E-state index contributed by atoms with van der Waals surface area (Å²) >= 11 is 6.41. The minimum atomic E-state index is -1.17. The van der Waals surface area contributed by atoms with Crippen molar-refractivity contribution in [2.24, 2.45) is 0 Å². The number of amides is 1. The van der Waals surface area contributed by atoms with Crippen LogP contribution in [0.25, 0.3) is 6.08 Å². The molecule has 3 rings (SSSR count). The fraction of sp³-hybridized carbons (Fsp3) is 0.0952. The second-order valence-corrected chi connectivity index (χ2v) is 7.52. The number of aliphatic carboxylic acids is 1. The summed E-state index contributed by atoms with van der Waals surface area (Å²) in [5.74, 6) is -0.978. The molecule has 2 aromatic rings. The van der Waals surface area contributed by atoms with Crippen LogP contribution in [0.2, 0.25) is 0 Å². The van der Waals surface area contributed by atoms with E-state index in [0.29, 0.717) is 28.4 Å². The molecule has 1 N–H and O–H groups in total.